The largest absolute Gasteiger partial charge is 0.465 e. The summed E-state index contributed by atoms with van der Waals surface area (Å²) in [5, 5.41) is 19.9. The van der Waals surface area contributed by atoms with Crippen molar-refractivity contribution in [2.24, 2.45) is 10.8 Å². The summed E-state index contributed by atoms with van der Waals surface area (Å²) in [6.45, 7) is 11.1. The zero-order chi connectivity index (χ0) is 22.5. The van der Waals surface area contributed by atoms with E-state index in [0.717, 1.165) is 0 Å². The van der Waals surface area contributed by atoms with Crippen molar-refractivity contribution >= 4 is 11.9 Å². The molecular formula is C23H34N2O4. The minimum atomic E-state index is -1.42. The highest BCUT2D eigenvalue weighted by Gasteiger charge is 2.46. The lowest BCUT2D eigenvalue weighted by atomic mass is 9.71. The molecule has 0 aromatic heterocycles. The van der Waals surface area contributed by atoms with Gasteiger partial charge in [0.05, 0.1) is 25.4 Å². The van der Waals surface area contributed by atoms with Crippen LogP contribution in [-0.2, 0) is 19.1 Å². The van der Waals surface area contributed by atoms with Gasteiger partial charge in [-0.2, -0.15) is 10.5 Å². The summed E-state index contributed by atoms with van der Waals surface area (Å²) >= 11 is 0. The third-order valence-corrected chi connectivity index (χ3v) is 5.29. The predicted molar refractivity (Wildman–Crippen MR) is 111 cm³/mol. The molecule has 6 nitrogen and oxygen atoms in total. The molecule has 0 rings (SSSR count). The van der Waals surface area contributed by atoms with Gasteiger partial charge < -0.3 is 9.47 Å². The molecule has 0 saturated heterocycles. The molecule has 0 aliphatic carbocycles. The van der Waals surface area contributed by atoms with Crippen LogP contribution in [0.4, 0.5) is 0 Å². The number of nitrogens with zero attached hydrogens (tertiary/aromatic N) is 2. The highest BCUT2D eigenvalue weighted by molar-refractivity contribution is 5.85. The van der Waals surface area contributed by atoms with Crippen molar-refractivity contribution in [1.82, 2.24) is 0 Å². The standard InChI is InChI=1S/C23H34N2O4/c1-7-18(8-2)22(16-24,20(26)28-11-5)14-13-15-23(17-25,19(9-3)10-4)21(27)29-12-6/h7,9H,8,10-15H2,1-6H3/b18-7+,19-9+. The van der Waals surface area contributed by atoms with Crippen LogP contribution in [0.15, 0.2) is 23.3 Å². The van der Waals surface area contributed by atoms with Crippen molar-refractivity contribution in [3.8, 4) is 12.1 Å². The Labute approximate surface area is 175 Å². The van der Waals surface area contributed by atoms with Gasteiger partial charge in [-0.1, -0.05) is 26.0 Å². The molecule has 0 aliphatic rings. The summed E-state index contributed by atoms with van der Waals surface area (Å²) in [5.41, 5.74) is -1.48. The van der Waals surface area contributed by atoms with Gasteiger partial charge in [-0.05, 0) is 70.9 Å². The maximum absolute atomic E-state index is 12.7. The first-order valence-corrected chi connectivity index (χ1v) is 10.3. The van der Waals surface area contributed by atoms with E-state index in [1.165, 1.54) is 0 Å². The lowest BCUT2D eigenvalue weighted by molar-refractivity contribution is -0.150. The quantitative estimate of drug-likeness (QED) is 0.336. The zero-order valence-corrected chi connectivity index (χ0v) is 18.6. The Hall–Kier alpha value is -2.60. The Morgan fingerprint density at radius 1 is 0.793 bits per heavy atom. The number of carbonyl (C=O) groups is 2. The molecule has 0 spiro atoms. The van der Waals surface area contributed by atoms with E-state index in [4.69, 9.17) is 9.47 Å². The molecule has 0 amide bonds. The van der Waals surface area contributed by atoms with Crippen LogP contribution in [0.3, 0.4) is 0 Å². The third kappa shape index (κ3) is 5.70. The lowest BCUT2D eigenvalue weighted by Crippen LogP contribution is -2.36. The van der Waals surface area contributed by atoms with Crippen LogP contribution >= 0.6 is 0 Å². The predicted octanol–water partition coefficient (Wildman–Crippen LogP) is 5.02. The number of allylic oxidation sites excluding steroid dienone is 2. The van der Waals surface area contributed by atoms with Gasteiger partial charge in [-0.15, -0.1) is 0 Å². The van der Waals surface area contributed by atoms with Crippen molar-refractivity contribution in [2.45, 2.75) is 73.6 Å². The maximum atomic E-state index is 12.7. The number of hydrogen-bond acceptors (Lipinski definition) is 6. The summed E-state index contributed by atoms with van der Waals surface area (Å²) in [4.78, 5) is 25.4. The number of esters is 2. The first-order chi connectivity index (χ1) is 13.8. The average molecular weight is 403 g/mol. The van der Waals surface area contributed by atoms with Gasteiger partial charge in [0, 0.05) is 0 Å². The van der Waals surface area contributed by atoms with Crippen LogP contribution in [0.2, 0.25) is 0 Å². The molecule has 0 heterocycles. The molecule has 0 aromatic carbocycles. The van der Waals surface area contributed by atoms with Crippen molar-refractivity contribution in [3.63, 3.8) is 0 Å². The van der Waals surface area contributed by atoms with Gasteiger partial charge >= 0.3 is 11.9 Å². The molecule has 0 radical (unpaired) electrons. The van der Waals surface area contributed by atoms with E-state index in [1.807, 2.05) is 13.8 Å². The Balaban J connectivity index is 6.00. The molecule has 0 aromatic rings. The van der Waals surface area contributed by atoms with Crippen LogP contribution in [0, 0.1) is 33.5 Å². The van der Waals surface area contributed by atoms with E-state index < -0.39 is 22.8 Å². The van der Waals surface area contributed by atoms with Gasteiger partial charge in [0.1, 0.15) is 0 Å². The second-order valence-electron chi connectivity index (χ2n) is 6.66. The third-order valence-electron chi connectivity index (χ3n) is 5.29. The van der Waals surface area contributed by atoms with Crippen LogP contribution < -0.4 is 0 Å². The molecular weight excluding hydrogens is 368 g/mol. The minimum Gasteiger partial charge on any atom is -0.465 e. The van der Waals surface area contributed by atoms with Gasteiger partial charge in [0.2, 0.25) is 0 Å². The summed E-state index contributed by atoms with van der Waals surface area (Å²) in [5.74, 6) is -1.17. The van der Waals surface area contributed by atoms with E-state index in [0.29, 0.717) is 30.4 Å². The van der Waals surface area contributed by atoms with Gasteiger partial charge in [0.25, 0.3) is 0 Å². The Kier molecular flexibility index (Phi) is 11.6. The Morgan fingerprint density at radius 3 is 1.34 bits per heavy atom. The van der Waals surface area contributed by atoms with E-state index in [9.17, 15) is 20.1 Å². The minimum absolute atomic E-state index is 0.166. The second-order valence-corrected chi connectivity index (χ2v) is 6.66. The average Bonchev–Trinajstić information content (AvgIpc) is 2.72. The van der Waals surface area contributed by atoms with Gasteiger partial charge in [-0.25, -0.2) is 9.59 Å². The van der Waals surface area contributed by atoms with Crippen LogP contribution in [0.1, 0.15) is 73.6 Å². The topological polar surface area (TPSA) is 100 Å². The van der Waals surface area contributed by atoms with Crippen LogP contribution in [-0.4, -0.2) is 25.2 Å². The maximum Gasteiger partial charge on any atom is 0.330 e. The fourth-order valence-electron chi connectivity index (χ4n) is 3.77. The summed E-state index contributed by atoms with van der Waals surface area (Å²) < 4.78 is 10.4. The highest BCUT2D eigenvalue weighted by atomic mass is 16.5. The first kappa shape index (κ1) is 26.4. The zero-order valence-electron chi connectivity index (χ0n) is 18.6. The molecule has 0 saturated carbocycles. The normalized spacial score (nSPS) is 16.0. The molecule has 2 unspecified atom stereocenters. The van der Waals surface area contributed by atoms with Crippen molar-refractivity contribution in [2.75, 3.05) is 13.2 Å². The van der Waals surface area contributed by atoms with Crippen LogP contribution in [0.25, 0.3) is 0 Å². The molecule has 2 atom stereocenters. The van der Waals surface area contributed by atoms with Crippen molar-refractivity contribution in [3.05, 3.63) is 23.3 Å². The van der Waals surface area contributed by atoms with Crippen molar-refractivity contribution in [1.29, 1.82) is 10.5 Å². The molecule has 0 N–H and O–H groups in total. The van der Waals surface area contributed by atoms with E-state index >= 15 is 0 Å². The van der Waals surface area contributed by atoms with Crippen molar-refractivity contribution < 1.29 is 19.1 Å². The summed E-state index contributed by atoms with van der Waals surface area (Å²) in [6.07, 6.45) is 5.24. The number of carbonyl (C=O) groups excluding carboxylic acids is 2. The monoisotopic (exact) mass is 402 g/mol. The van der Waals surface area contributed by atoms with Gasteiger partial charge in [0.15, 0.2) is 10.8 Å². The molecule has 160 valence electrons. The smallest absolute Gasteiger partial charge is 0.330 e. The van der Waals surface area contributed by atoms with E-state index in [2.05, 4.69) is 12.1 Å². The first-order valence-electron chi connectivity index (χ1n) is 10.3. The number of hydrogen-bond donors (Lipinski definition) is 0. The fourth-order valence-corrected chi connectivity index (χ4v) is 3.77. The molecule has 0 bridgehead atoms. The molecule has 6 heteroatoms. The molecule has 0 aliphatic heterocycles. The van der Waals surface area contributed by atoms with E-state index in [1.54, 1.807) is 39.8 Å². The fraction of sp³-hybridized carbons (Fsp3) is 0.652. The summed E-state index contributed by atoms with van der Waals surface area (Å²) in [7, 11) is 0. The number of nitriles is 2. The number of rotatable bonds is 12. The highest BCUT2D eigenvalue weighted by Crippen LogP contribution is 2.41. The van der Waals surface area contributed by atoms with Crippen LogP contribution in [0.5, 0.6) is 0 Å². The number of ether oxygens (including phenoxy) is 2. The summed E-state index contributed by atoms with van der Waals surface area (Å²) in [6, 6.07) is 4.32. The second kappa shape index (κ2) is 12.8. The lowest BCUT2D eigenvalue weighted by Gasteiger charge is -2.30. The molecule has 0 fully saturated rings. The van der Waals surface area contributed by atoms with Gasteiger partial charge in [-0.3, -0.25) is 0 Å². The SMILES string of the molecule is C/C=C(\CC)C(C#N)(CCCC(C#N)(C(=O)OCC)/C(=C/C)CC)C(=O)OCC. The Morgan fingerprint density at radius 2 is 1.14 bits per heavy atom. The molecule has 29 heavy (non-hydrogen) atoms. The Bertz CT molecular complexity index is 651. The van der Waals surface area contributed by atoms with E-state index in [-0.39, 0.29) is 26.1 Å².